The minimum absolute atomic E-state index is 0.00359. The lowest BCUT2D eigenvalue weighted by Crippen LogP contribution is -2.37. The summed E-state index contributed by atoms with van der Waals surface area (Å²) in [4.78, 5) is 14.7. The number of benzene rings is 1. The zero-order valence-corrected chi connectivity index (χ0v) is 15.8. The van der Waals surface area contributed by atoms with E-state index in [2.05, 4.69) is 40.8 Å². The highest BCUT2D eigenvalue weighted by molar-refractivity contribution is 5.94. The van der Waals surface area contributed by atoms with E-state index >= 15 is 0 Å². The molecule has 1 aromatic carbocycles. The van der Waals surface area contributed by atoms with Crippen molar-refractivity contribution in [3.05, 3.63) is 53.3 Å². The monoisotopic (exact) mass is 355 g/mol. The lowest BCUT2D eigenvalue weighted by atomic mass is 10.2. The molecule has 3 rings (SSSR count). The van der Waals surface area contributed by atoms with Crippen LogP contribution in [0.15, 0.2) is 36.4 Å². The van der Waals surface area contributed by atoms with E-state index in [1.54, 1.807) is 0 Å². The summed E-state index contributed by atoms with van der Waals surface area (Å²) in [6, 6.07) is 12.0. The average Bonchev–Trinajstić information content (AvgIpc) is 3.00. The van der Waals surface area contributed by atoms with Crippen LogP contribution in [0.3, 0.4) is 0 Å². The quantitative estimate of drug-likeness (QED) is 0.777. The van der Waals surface area contributed by atoms with Crippen molar-refractivity contribution in [2.45, 2.75) is 26.7 Å². The number of carbonyl (C=O) groups excluding carboxylic acids is 1. The van der Waals surface area contributed by atoms with E-state index < -0.39 is 0 Å². The van der Waals surface area contributed by atoms with Crippen LogP contribution in [-0.2, 0) is 4.74 Å². The first-order chi connectivity index (χ1) is 12.6. The van der Waals surface area contributed by atoms with E-state index in [0.29, 0.717) is 5.56 Å². The van der Waals surface area contributed by atoms with Crippen LogP contribution in [0.25, 0.3) is 5.69 Å². The molecule has 5 heteroatoms. The van der Waals surface area contributed by atoms with Crippen LogP contribution < -0.4 is 5.32 Å². The second kappa shape index (κ2) is 9.01. The van der Waals surface area contributed by atoms with Crippen molar-refractivity contribution in [2.24, 2.45) is 0 Å². The van der Waals surface area contributed by atoms with Crippen molar-refractivity contribution in [1.29, 1.82) is 0 Å². The normalized spacial score (nSPS) is 15.2. The molecule has 0 atom stereocenters. The molecule has 0 spiro atoms. The zero-order valence-electron chi connectivity index (χ0n) is 15.8. The molecule has 0 saturated carbocycles. The predicted octanol–water partition coefficient (Wildman–Crippen LogP) is 2.94. The number of aromatic nitrogens is 1. The van der Waals surface area contributed by atoms with Gasteiger partial charge in [-0.25, -0.2) is 0 Å². The maximum Gasteiger partial charge on any atom is 0.251 e. The second-order valence-electron chi connectivity index (χ2n) is 6.92. The summed E-state index contributed by atoms with van der Waals surface area (Å²) in [6.45, 7) is 9.72. The number of hydrogen-bond acceptors (Lipinski definition) is 3. The fourth-order valence-electron chi connectivity index (χ4n) is 3.43. The van der Waals surface area contributed by atoms with Gasteiger partial charge < -0.3 is 14.6 Å². The van der Waals surface area contributed by atoms with Crippen LogP contribution in [0.2, 0.25) is 0 Å². The molecule has 1 aliphatic heterocycles. The first kappa shape index (κ1) is 18.7. The van der Waals surface area contributed by atoms with Crippen LogP contribution in [0.1, 0.15) is 34.6 Å². The van der Waals surface area contributed by atoms with Crippen molar-refractivity contribution >= 4 is 5.91 Å². The van der Waals surface area contributed by atoms with Gasteiger partial charge in [-0.05, 0) is 69.6 Å². The number of nitrogens with one attached hydrogen (secondary N) is 1. The van der Waals surface area contributed by atoms with Crippen LogP contribution in [-0.4, -0.2) is 54.8 Å². The van der Waals surface area contributed by atoms with E-state index in [1.165, 1.54) is 11.4 Å². The molecule has 26 heavy (non-hydrogen) atoms. The summed E-state index contributed by atoms with van der Waals surface area (Å²) in [6.07, 6.45) is 2.11. The van der Waals surface area contributed by atoms with Gasteiger partial charge in [0.25, 0.3) is 5.91 Å². The number of carbonyl (C=O) groups is 1. The van der Waals surface area contributed by atoms with Gasteiger partial charge in [0.1, 0.15) is 0 Å². The summed E-state index contributed by atoms with van der Waals surface area (Å²) < 4.78 is 7.54. The Balaban J connectivity index is 1.43. The Hall–Kier alpha value is -2.11. The molecule has 1 aromatic heterocycles. The SMILES string of the molecule is Cc1ccc(C)n1-c1ccc(C(=O)NCCCCN2CCOCC2)cc1. The smallest absolute Gasteiger partial charge is 0.251 e. The highest BCUT2D eigenvalue weighted by atomic mass is 16.5. The Labute approximate surface area is 156 Å². The third-order valence-corrected chi connectivity index (χ3v) is 4.95. The van der Waals surface area contributed by atoms with E-state index in [-0.39, 0.29) is 5.91 Å². The summed E-state index contributed by atoms with van der Waals surface area (Å²) >= 11 is 0. The summed E-state index contributed by atoms with van der Waals surface area (Å²) in [5.74, 6) is 0.00359. The first-order valence-electron chi connectivity index (χ1n) is 9.49. The van der Waals surface area contributed by atoms with Gasteiger partial charge in [0.05, 0.1) is 13.2 Å². The van der Waals surface area contributed by atoms with Gasteiger partial charge in [-0.1, -0.05) is 0 Å². The molecule has 2 aromatic rings. The van der Waals surface area contributed by atoms with Gasteiger partial charge in [0, 0.05) is 42.3 Å². The molecular formula is C21H29N3O2. The number of aryl methyl sites for hydroxylation is 2. The average molecular weight is 355 g/mol. The Bertz CT molecular complexity index is 696. The summed E-state index contributed by atoms with van der Waals surface area (Å²) in [7, 11) is 0. The zero-order chi connectivity index (χ0) is 18.4. The molecule has 2 heterocycles. The second-order valence-corrected chi connectivity index (χ2v) is 6.92. The van der Waals surface area contributed by atoms with Gasteiger partial charge in [0.15, 0.2) is 0 Å². The number of morpholine rings is 1. The van der Waals surface area contributed by atoms with Crippen molar-refractivity contribution in [2.75, 3.05) is 39.4 Å². The molecule has 0 aliphatic carbocycles. The maximum atomic E-state index is 12.3. The van der Waals surface area contributed by atoms with Gasteiger partial charge in [-0.2, -0.15) is 0 Å². The standard InChI is InChI=1S/C21H29N3O2/c1-17-5-6-18(2)24(17)20-9-7-19(8-10-20)21(25)22-11-3-4-12-23-13-15-26-16-14-23/h5-10H,3-4,11-16H2,1-2H3,(H,22,25). The number of nitrogens with zero attached hydrogens (tertiary/aromatic N) is 2. The fraction of sp³-hybridized carbons (Fsp3) is 0.476. The molecule has 1 aliphatic rings. The van der Waals surface area contributed by atoms with Crippen LogP contribution in [0.5, 0.6) is 0 Å². The molecule has 5 nitrogen and oxygen atoms in total. The highest BCUT2D eigenvalue weighted by Crippen LogP contribution is 2.16. The van der Waals surface area contributed by atoms with Gasteiger partial charge in [0.2, 0.25) is 0 Å². The van der Waals surface area contributed by atoms with Crippen molar-refractivity contribution in [3.63, 3.8) is 0 Å². The third-order valence-electron chi connectivity index (χ3n) is 4.95. The molecule has 1 N–H and O–H groups in total. The molecule has 1 amide bonds. The molecule has 1 saturated heterocycles. The lowest BCUT2D eigenvalue weighted by Gasteiger charge is -2.26. The largest absolute Gasteiger partial charge is 0.379 e. The molecule has 0 unspecified atom stereocenters. The van der Waals surface area contributed by atoms with E-state index in [1.807, 2.05) is 24.3 Å². The number of rotatable bonds is 7. The maximum absolute atomic E-state index is 12.3. The topological polar surface area (TPSA) is 46.5 Å². The van der Waals surface area contributed by atoms with E-state index in [9.17, 15) is 4.79 Å². The minimum atomic E-state index is 0.00359. The lowest BCUT2D eigenvalue weighted by molar-refractivity contribution is 0.0372. The van der Waals surface area contributed by atoms with Crippen LogP contribution in [0, 0.1) is 13.8 Å². The van der Waals surface area contributed by atoms with E-state index in [0.717, 1.165) is 57.9 Å². The number of hydrogen-bond donors (Lipinski definition) is 1. The Morgan fingerprint density at radius 3 is 2.31 bits per heavy atom. The highest BCUT2D eigenvalue weighted by Gasteiger charge is 2.10. The number of unbranched alkanes of at least 4 members (excludes halogenated alkanes) is 1. The predicted molar refractivity (Wildman–Crippen MR) is 104 cm³/mol. The Kier molecular flexibility index (Phi) is 6.47. The van der Waals surface area contributed by atoms with Gasteiger partial charge in [-0.3, -0.25) is 9.69 Å². The van der Waals surface area contributed by atoms with Crippen molar-refractivity contribution < 1.29 is 9.53 Å². The fourth-order valence-corrected chi connectivity index (χ4v) is 3.43. The summed E-state index contributed by atoms with van der Waals surface area (Å²) in [5, 5.41) is 3.02. The van der Waals surface area contributed by atoms with Crippen LogP contribution >= 0.6 is 0 Å². The molecule has 1 fully saturated rings. The third kappa shape index (κ3) is 4.74. The van der Waals surface area contributed by atoms with Crippen LogP contribution in [0.4, 0.5) is 0 Å². The molecule has 0 radical (unpaired) electrons. The number of amides is 1. The minimum Gasteiger partial charge on any atom is -0.379 e. The Morgan fingerprint density at radius 2 is 1.65 bits per heavy atom. The van der Waals surface area contributed by atoms with Gasteiger partial charge in [-0.15, -0.1) is 0 Å². The number of ether oxygens (including phenoxy) is 1. The van der Waals surface area contributed by atoms with Crippen molar-refractivity contribution in [1.82, 2.24) is 14.8 Å². The van der Waals surface area contributed by atoms with E-state index in [4.69, 9.17) is 4.74 Å². The van der Waals surface area contributed by atoms with Gasteiger partial charge >= 0.3 is 0 Å². The first-order valence-corrected chi connectivity index (χ1v) is 9.49. The summed E-state index contributed by atoms with van der Waals surface area (Å²) in [5.41, 5.74) is 4.19. The Morgan fingerprint density at radius 1 is 1.00 bits per heavy atom. The molecule has 0 bridgehead atoms. The van der Waals surface area contributed by atoms with Crippen molar-refractivity contribution in [3.8, 4) is 5.69 Å². The molecule has 140 valence electrons. The molecular weight excluding hydrogens is 326 g/mol.